The van der Waals surface area contributed by atoms with Crippen LogP contribution in [0.1, 0.15) is 0 Å². The van der Waals surface area contributed by atoms with Crippen LogP contribution in [0.25, 0.3) is 0 Å². The molecule has 0 aromatic rings. The van der Waals surface area contributed by atoms with E-state index in [9.17, 15) is 0 Å². The Labute approximate surface area is 69.1 Å². The Balaban J connectivity index is 3.87. The van der Waals surface area contributed by atoms with Crippen LogP contribution < -0.4 is 0 Å². The van der Waals surface area contributed by atoms with E-state index in [-0.39, 0.29) is 6.29 Å². The van der Waals surface area contributed by atoms with E-state index in [1.54, 1.807) is 21.3 Å². The lowest BCUT2D eigenvalue weighted by atomic mass is 10.6. The monoisotopic (exact) mass is 210 g/mol. The number of hydrogen-bond acceptors (Lipinski definition) is 3. The van der Waals surface area contributed by atoms with Crippen LogP contribution in [0.15, 0.2) is 10.7 Å². The molecule has 0 aromatic carbocycles. The van der Waals surface area contributed by atoms with Gasteiger partial charge in [-0.3, -0.25) is 0 Å². The fourth-order valence-electron chi connectivity index (χ4n) is 0.490. The molecule has 0 saturated carbocycles. The molecule has 0 fully saturated rings. The van der Waals surface area contributed by atoms with Gasteiger partial charge in [-0.2, -0.15) is 0 Å². The average molecular weight is 211 g/mol. The topological polar surface area (TPSA) is 27.7 Å². The second-order valence-corrected chi connectivity index (χ2v) is 2.46. The smallest absolute Gasteiger partial charge is 0.192 e. The highest BCUT2D eigenvalue weighted by atomic mass is 79.9. The summed E-state index contributed by atoms with van der Waals surface area (Å²) in [6.45, 7) is 0. The Morgan fingerprint density at radius 2 is 1.80 bits per heavy atom. The van der Waals surface area contributed by atoms with Crippen molar-refractivity contribution < 1.29 is 14.2 Å². The first-order chi connectivity index (χ1) is 4.76. The third-order valence-electron chi connectivity index (χ3n) is 0.884. The van der Waals surface area contributed by atoms with Gasteiger partial charge in [0.15, 0.2) is 6.29 Å². The summed E-state index contributed by atoms with van der Waals surface area (Å²) < 4.78 is 15.2. The minimum atomic E-state index is -0.375. The van der Waals surface area contributed by atoms with Crippen LogP contribution >= 0.6 is 15.9 Å². The lowest BCUT2D eigenvalue weighted by Gasteiger charge is -2.11. The van der Waals surface area contributed by atoms with E-state index in [0.717, 1.165) is 4.48 Å². The van der Waals surface area contributed by atoms with Crippen molar-refractivity contribution in [2.24, 2.45) is 0 Å². The molecule has 0 aromatic heterocycles. The van der Waals surface area contributed by atoms with E-state index in [1.807, 2.05) is 0 Å². The van der Waals surface area contributed by atoms with Gasteiger partial charge < -0.3 is 14.2 Å². The van der Waals surface area contributed by atoms with E-state index >= 15 is 0 Å². The molecule has 0 atom stereocenters. The minimum absolute atomic E-state index is 0.375. The van der Waals surface area contributed by atoms with Gasteiger partial charge in [0.25, 0.3) is 0 Å². The van der Waals surface area contributed by atoms with E-state index in [1.165, 1.54) is 6.26 Å². The van der Waals surface area contributed by atoms with Crippen molar-refractivity contribution in [2.75, 3.05) is 21.3 Å². The zero-order valence-electron chi connectivity index (χ0n) is 6.26. The van der Waals surface area contributed by atoms with Gasteiger partial charge in [0.2, 0.25) is 0 Å². The maximum Gasteiger partial charge on any atom is 0.192 e. The van der Waals surface area contributed by atoms with E-state index in [4.69, 9.17) is 14.2 Å². The maximum atomic E-state index is 4.90. The zero-order chi connectivity index (χ0) is 7.98. The van der Waals surface area contributed by atoms with Crippen LogP contribution in [0.3, 0.4) is 0 Å². The highest BCUT2D eigenvalue weighted by molar-refractivity contribution is 9.11. The van der Waals surface area contributed by atoms with Crippen molar-refractivity contribution >= 4 is 15.9 Å². The maximum absolute atomic E-state index is 4.90. The molecule has 0 N–H and O–H groups in total. The molecule has 0 bridgehead atoms. The lowest BCUT2D eigenvalue weighted by Crippen LogP contribution is -2.12. The van der Waals surface area contributed by atoms with Crippen LogP contribution in [-0.4, -0.2) is 27.6 Å². The van der Waals surface area contributed by atoms with Crippen LogP contribution in [-0.2, 0) is 14.2 Å². The normalized spacial score (nSPS) is 12.3. The van der Waals surface area contributed by atoms with Crippen LogP contribution in [0, 0.1) is 0 Å². The molecule has 0 spiro atoms. The molecular weight excluding hydrogens is 200 g/mol. The van der Waals surface area contributed by atoms with Crippen molar-refractivity contribution in [1.82, 2.24) is 0 Å². The highest BCUT2D eigenvalue weighted by Crippen LogP contribution is 2.13. The summed E-state index contributed by atoms with van der Waals surface area (Å²) in [5, 5.41) is 0. The van der Waals surface area contributed by atoms with Gasteiger partial charge >= 0.3 is 0 Å². The van der Waals surface area contributed by atoms with Crippen molar-refractivity contribution in [3.8, 4) is 0 Å². The lowest BCUT2D eigenvalue weighted by molar-refractivity contribution is -0.0699. The molecular formula is C6H11BrO3. The summed E-state index contributed by atoms with van der Waals surface area (Å²) >= 11 is 3.21. The predicted octanol–water partition coefficient (Wildman–Crippen LogP) is 1.49. The number of hydrogen-bond donors (Lipinski definition) is 0. The quantitative estimate of drug-likeness (QED) is 0.520. The zero-order valence-corrected chi connectivity index (χ0v) is 7.84. The summed E-state index contributed by atoms with van der Waals surface area (Å²) in [7, 11) is 4.67. The molecule has 0 heterocycles. The summed E-state index contributed by atoms with van der Waals surface area (Å²) in [5.74, 6) is 0. The van der Waals surface area contributed by atoms with Gasteiger partial charge in [-0.15, -0.1) is 0 Å². The van der Waals surface area contributed by atoms with Crippen LogP contribution in [0.4, 0.5) is 0 Å². The van der Waals surface area contributed by atoms with Gasteiger partial charge in [-0.25, -0.2) is 0 Å². The Hall–Kier alpha value is -0.0600. The Bertz CT molecular complexity index is 110. The van der Waals surface area contributed by atoms with Gasteiger partial charge in [-0.1, -0.05) is 0 Å². The molecule has 0 aliphatic heterocycles. The Morgan fingerprint density at radius 1 is 1.30 bits per heavy atom. The number of ether oxygens (including phenoxy) is 3. The van der Waals surface area contributed by atoms with Gasteiger partial charge in [0.1, 0.15) is 0 Å². The fraction of sp³-hybridized carbons (Fsp3) is 0.667. The summed E-state index contributed by atoms with van der Waals surface area (Å²) in [6.07, 6.45) is 1.14. The second kappa shape index (κ2) is 5.70. The molecule has 0 amide bonds. The van der Waals surface area contributed by atoms with Crippen molar-refractivity contribution in [3.63, 3.8) is 0 Å². The Kier molecular flexibility index (Phi) is 5.67. The molecule has 0 radical (unpaired) electrons. The molecule has 0 aliphatic carbocycles. The minimum Gasteiger partial charge on any atom is -0.503 e. The number of methoxy groups -OCH3 is 3. The Morgan fingerprint density at radius 3 is 2.10 bits per heavy atom. The predicted molar refractivity (Wildman–Crippen MR) is 41.8 cm³/mol. The summed E-state index contributed by atoms with van der Waals surface area (Å²) in [6, 6.07) is 0. The van der Waals surface area contributed by atoms with Gasteiger partial charge in [-0.05, 0) is 15.9 Å². The third kappa shape index (κ3) is 3.20. The average Bonchev–Trinajstić information content (AvgIpc) is 1.91. The molecule has 0 rings (SSSR count). The molecule has 3 nitrogen and oxygen atoms in total. The van der Waals surface area contributed by atoms with Crippen LogP contribution in [0.2, 0.25) is 0 Å². The number of rotatable bonds is 4. The second-order valence-electron chi connectivity index (χ2n) is 1.54. The molecule has 0 unspecified atom stereocenters. The SMILES string of the molecule is COC=C(Br)C(OC)OC. The first-order valence-electron chi connectivity index (χ1n) is 2.70. The largest absolute Gasteiger partial charge is 0.503 e. The summed E-state index contributed by atoms with van der Waals surface area (Å²) in [5.41, 5.74) is 0. The van der Waals surface area contributed by atoms with Crippen molar-refractivity contribution in [3.05, 3.63) is 10.7 Å². The molecule has 0 aliphatic rings. The van der Waals surface area contributed by atoms with Crippen molar-refractivity contribution in [1.29, 1.82) is 0 Å². The van der Waals surface area contributed by atoms with Crippen LogP contribution in [0.5, 0.6) is 0 Å². The van der Waals surface area contributed by atoms with E-state index in [2.05, 4.69) is 15.9 Å². The van der Waals surface area contributed by atoms with E-state index in [0.29, 0.717) is 0 Å². The first-order valence-corrected chi connectivity index (χ1v) is 3.49. The van der Waals surface area contributed by atoms with Gasteiger partial charge in [0, 0.05) is 14.2 Å². The first kappa shape index (κ1) is 9.94. The molecule has 10 heavy (non-hydrogen) atoms. The number of halogens is 1. The fourth-order valence-corrected chi connectivity index (χ4v) is 1.05. The van der Waals surface area contributed by atoms with Crippen molar-refractivity contribution in [2.45, 2.75) is 6.29 Å². The standard InChI is InChI=1S/C6H11BrO3/c1-8-4-5(7)6(9-2)10-3/h4,6H,1-3H3. The molecule has 60 valence electrons. The summed E-state index contributed by atoms with van der Waals surface area (Å²) in [4.78, 5) is 0. The molecule has 0 saturated heterocycles. The molecule has 4 heteroatoms. The highest BCUT2D eigenvalue weighted by Gasteiger charge is 2.08. The van der Waals surface area contributed by atoms with E-state index < -0.39 is 0 Å². The van der Waals surface area contributed by atoms with Gasteiger partial charge in [0.05, 0.1) is 17.9 Å². The third-order valence-corrected chi connectivity index (χ3v) is 1.44.